The third-order valence-electron chi connectivity index (χ3n) is 3.29. The van der Waals surface area contributed by atoms with Crippen LogP contribution >= 0.6 is 11.8 Å². The smallest absolute Gasteiger partial charge is 0.249 e. The molecule has 1 amide bonds. The average molecular weight is 276 g/mol. The average Bonchev–Trinajstić information content (AvgIpc) is 2.37. The van der Waals surface area contributed by atoms with Crippen LogP contribution in [0.3, 0.4) is 0 Å². The van der Waals surface area contributed by atoms with Crippen LogP contribution in [0, 0.1) is 0 Å². The Hall–Kier alpha value is -1.29. The van der Waals surface area contributed by atoms with Crippen LogP contribution in [0.2, 0.25) is 0 Å². The molecular formula is C15H20N2OS. The van der Waals surface area contributed by atoms with Crippen molar-refractivity contribution in [2.75, 3.05) is 7.05 Å². The van der Waals surface area contributed by atoms with E-state index in [-0.39, 0.29) is 16.7 Å². The molecule has 1 unspecified atom stereocenters. The van der Waals surface area contributed by atoms with E-state index in [2.05, 4.69) is 42.8 Å². The second-order valence-corrected chi connectivity index (χ2v) is 6.91. The fourth-order valence-electron chi connectivity index (χ4n) is 1.80. The molecule has 0 saturated heterocycles. The largest absolute Gasteiger partial charge is 0.349 e. The van der Waals surface area contributed by atoms with Crippen molar-refractivity contribution in [3.05, 3.63) is 35.9 Å². The highest BCUT2D eigenvalue weighted by Crippen LogP contribution is 2.38. The number of hydrogen-bond acceptors (Lipinski definition) is 3. The third-order valence-corrected chi connectivity index (χ3v) is 4.59. The number of carbonyl (C=O) groups is 1. The fourth-order valence-corrected chi connectivity index (χ4v) is 3.16. The van der Waals surface area contributed by atoms with Gasteiger partial charge in [0.25, 0.3) is 0 Å². The second kappa shape index (κ2) is 5.37. The van der Waals surface area contributed by atoms with Gasteiger partial charge < -0.3 is 4.90 Å². The number of hydrogen-bond donors (Lipinski definition) is 0. The quantitative estimate of drug-likeness (QED) is 0.787. The lowest BCUT2D eigenvalue weighted by Gasteiger charge is -2.36. The molecule has 1 aliphatic heterocycles. The number of carbonyl (C=O) groups excluding carboxylic acids is 1. The van der Waals surface area contributed by atoms with Crippen molar-refractivity contribution in [1.82, 2.24) is 4.90 Å². The van der Waals surface area contributed by atoms with Gasteiger partial charge in [0.2, 0.25) is 5.91 Å². The zero-order chi connectivity index (χ0) is 14.0. The summed E-state index contributed by atoms with van der Waals surface area (Å²) < 4.78 is 0. The summed E-state index contributed by atoms with van der Waals surface area (Å²) in [5.74, 6) is -0.0290. The summed E-state index contributed by atoms with van der Waals surface area (Å²) in [7, 11) is 1.99. The number of amidine groups is 1. The Kier molecular flexibility index (Phi) is 3.99. The number of rotatable bonds is 1. The molecule has 0 spiro atoms. The van der Waals surface area contributed by atoms with E-state index in [4.69, 9.17) is 0 Å². The van der Waals surface area contributed by atoms with Gasteiger partial charge in [-0.15, -0.1) is 0 Å². The minimum absolute atomic E-state index is 0.0290. The Morgan fingerprint density at radius 2 is 1.89 bits per heavy atom. The van der Waals surface area contributed by atoms with Gasteiger partial charge in [0, 0.05) is 24.3 Å². The van der Waals surface area contributed by atoms with Gasteiger partial charge in [-0.25, -0.2) is 0 Å². The third kappa shape index (κ3) is 3.38. The van der Waals surface area contributed by atoms with Crippen LogP contribution in [0.25, 0.3) is 0 Å². The van der Waals surface area contributed by atoms with Crippen molar-refractivity contribution >= 4 is 22.8 Å². The van der Waals surface area contributed by atoms with Crippen molar-refractivity contribution in [1.29, 1.82) is 0 Å². The van der Waals surface area contributed by atoms with Gasteiger partial charge in [0.1, 0.15) is 0 Å². The van der Waals surface area contributed by atoms with Gasteiger partial charge in [0.15, 0.2) is 5.17 Å². The zero-order valence-corrected chi connectivity index (χ0v) is 12.7. The van der Waals surface area contributed by atoms with Gasteiger partial charge in [-0.05, 0) is 26.3 Å². The van der Waals surface area contributed by atoms with Crippen molar-refractivity contribution in [2.24, 2.45) is 4.99 Å². The van der Waals surface area contributed by atoms with Gasteiger partial charge in [-0.3, -0.25) is 4.79 Å². The van der Waals surface area contributed by atoms with Crippen LogP contribution in [-0.4, -0.2) is 28.6 Å². The molecule has 0 radical (unpaired) electrons. The number of amides is 1. The van der Waals surface area contributed by atoms with Gasteiger partial charge >= 0.3 is 0 Å². The highest BCUT2D eigenvalue weighted by Gasteiger charge is 2.30. The van der Waals surface area contributed by atoms with Gasteiger partial charge in [-0.2, -0.15) is 4.99 Å². The SMILES string of the molecule is CN(C1=NC(=O)CC(c2ccccc2)S1)C(C)(C)C. The summed E-state index contributed by atoms with van der Waals surface area (Å²) in [6.07, 6.45) is 0.482. The first-order valence-electron chi connectivity index (χ1n) is 6.45. The molecule has 1 heterocycles. The molecule has 4 heteroatoms. The predicted molar refractivity (Wildman–Crippen MR) is 81.3 cm³/mol. The summed E-state index contributed by atoms with van der Waals surface area (Å²) >= 11 is 1.68. The molecular weight excluding hydrogens is 256 g/mol. The van der Waals surface area contributed by atoms with E-state index < -0.39 is 0 Å². The van der Waals surface area contributed by atoms with Gasteiger partial charge in [-0.1, -0.05) is 42.1 Å². The highest BCUT2D eigenvalue weighted by atomic mass is 32.2. The van der Waals surface area contributed by atoms with Crippen molar-refractivity contribution in [3.8, 4) is 0 Å². The topological polar surface area (TPSA) is 32.7 Å². The van der Waals surface area contributed by atoms with Crippen LogP contribution in [-0.2, 0) is 4.79 Å². The summed E-state index contributed by atoms with van der Waals surface area (Å²) in [4.78, 5) is 18.1. The number of thioether (sulfide) groups is 1. The number of nitrogens with zero attached hydrogens (tertiary/aromatic N) is 2. The summed E-state index contributed by atoms with van der Waals surface area (Å²) in [5.41, 5.74) is 1.15. The van der Waals surface area contributed by atoms with E-state index in [0.717, 1.165) is 5.17 Å². The monoisotopic (exact) mass is 276 g/mol. The van der Waals surface area contributed by atoms with E-state index in [9.17, 15) is 4.79 Å². The first-order chi connectivity index (χ1) is 8.88. The first kappa shape index (κ1) is 14.1. The van der Waals surface area contributed by atoms with Gasteiger partial charge in [0.05, 0.1) is 0 Å². The lowest BCUT2D eigenvalue weighted by Crippen LogP contribution is -2.42. The number of benzene rings is 1. The Morgan fingerprint density at radius 3 is 2.47 bits per heavy atom. The molecule has 1 aliphatic rings. The van der Waals surface area contributed by atoms with E-state index in [1.807, 2.05) is 25.2 Å². The summed E-state index contributed by atoms with van der Waals surface area (Å²) in [5, 5.41) is 0.989. The fraction of sp³-hybridized carbons (Fsp3) is 0.467. The number of aliphatic imine (C=N–C) groups is 1. The summed E-state index contributed by atoms with van der Waals surface area (Å²) in [6, 6.07) is 10.2. The van der Waals surface area contributed by atoms with E-state index in [0.29, 0.717) is 6.42 Å². The highest BCUT2D eigenvalue weighted by molar-refractivity contribution is 8.14. The molecule has 1 atom stereocenters. The van der Waals surface area contributed by atoms with Crippen LogP contribution < -0.4 is 0 Å². The Bertz CT molecular complexity index is 491. The standard InChI is InChI=1S/C15H20N2OS/c1-15(2,3)17(4)14-16-13(18)10-12(19-14)11-8-6-5-7-9-11/h5-9,12H,10H2,1-4H3. The van der Waals surface area contributed by atoms with E-state index >= 15 is 0 Å². The molecule has 102 valence electrons. The van der Waals surface area contributed by atoms with Crippen molar-refractivity contribution < 1.29 is 4.79 Å². The molecule has 0 aromatic heterocycles. The Labute approximate surface area is 119 Å². The molecule has 1 aromatic carbocycles. The van der Waals surface area contributed by atoms with E-state index in [1.165, 1.54) is 5.56 Å². The molecule has 2 rings (SSSR count). The minimum Gasteiger partial charge on any atom is -0.349 e. The summed E-state index contributed by atoms with van der Waals surface area (Å²) in [6.45, 7) is 6.35. The predicted octanol–water partition coefficient (Wildman–Crippen LogP) is 3.48. The van der Waals surface area contributed by atoms with Crippen LogP contribution in [0.1, 0.15) is 38.0 Å². The van der Waals surface area contributed by atoms with Crippen LogP contribution in [0.4, 0.5) is 0 Å². The Morgan fingerprint density at radius 1 is 1.26 bits per heavy atom. The molecule has 0 N–H and O–H groups in total. The Balaban J connectivity index is 2.22. The molecule has 0 saturated carbocycles. The molecule has 19 heavy (non-hydrogen) atoms. The lowest BCUT2D eigenvalue weighted by atomic mass is 10.1. The zero-order valence-electron chi connectivity index (χ0n) is 11.9. The molecule has 0 fully saturated rings. The maximum atomic E-state index is 11.9. The maximum Gasteiger partial charge on any atom is 0.249 e. The van der Waals surface area contributed by atoms with Crippen LogP contribution in [0.5, 0.6) is 0 Å². The maximum absolute atomic E-state index is 11.9. The minimum atomic E-state index is -0.0370. The second-order valence-electron chi connectivity index (χ2n) is 5.74. The van der Waals surface area contributed by atoms with Crippen molar-refractivity contribution in [3.63, 3.8) is 0 Å². The molecule has 0 aliphatic carbocycles. The normalized spacial score (nSPS) is 20.1. The molecule has 3 nitrogen and oxygen atoms in total. The first-order valence-corrected chi connectivity index (χ1v) is 7.33. The van der Waals surface area contributed by atoms with E-state index in [1.54, 1.807) is 11.8 Å². The molecule has 1 aromatic rings. The van der Waals surface area contributed by atoms with Crippen LogP contribution in [0.15, 0.2) is 35.3 Å². The van der Waals surface area contributed by atoms with Crippen molar-refractivity contribution in [2.45, 2.75) is 38.0 Å². The lowest BCUT2D eigenvalue weighted by molar-refractivity contribution is -0.117. The molecule has 0 bridgehead atoms.